The van der Waals surface area contributed by atoms with Crippen LogP contribution in [0.25, 0.3) is 0 Å². The fourth-order valence-electron chi connectivity index (χ4n) is 1.64. The van der Waals surface area contributed by atoms with Gasteiger partial charge in [-0.05, 0) is 39.3 Å². The number of aliphatic hydroxyl groups excluding tert-OH is 1. The number of pyridine rings is 1. The molecule has 2 atom stereocenters. The number of esters is 1. The van der Waals surface area contributed by atoms with Crippen molar-refractivity contribution in [1.29, 1.82) is 0 Å². The molecule has 0 aromatic carbocycles. The molecule has 0 amide bonds. The Balaban J connectivity index is 2.57. The number of hydrogen-bond donors (Lipinski definition) is 2. The molecule has 0 aliphatic heterocycles. The van der Waals surface area contributed by atoms with Gasteiger partial charge in [-0.25, -0.2) is 9.78 Å². The highest BCUT2D eigenvalue weighted by atomic mass is 16.5. The molecule has 0 aliphatic carbocycles. The van der Waals surface area contributed by atoms with E-state index in [-0.39, 0.29) is 18.1 Å². The third-order valence-electron chi connectivity index (χ3n) is 2.36. The Hall–Kier alpha value is -1.62. The predicted molar refractivity (Wildman–Crippen MR) is 69.6 cm³/mol. The molecule has 1 heterocycles. The molecule has 5 nitrogen and oxygen atoms in total. The van der Waals surface area contributed by atoms with Crippen LogP contribution in [0.3, 0.4) is 0 Å². The van der Waals surface area contributed by atoms with E-state index in [1.54, 1.807) is 26.0 Å². The summed E-state index contributed by atoms with van der Waals surface area (Å²) < 4.78 is 4.87. The Morgan fingerprint density at radius 2 is 2.22 bits per heavy atom. The normalized spacial score (nSPS) is 13.8. The van der Waals surface area contributed by atoms with Crippen LogP contribution in [0.15, 0.2) is 18.3 Å². The minimum atomic E-state index is -0.367. The van der Waals surface area contributed by atoms with Crippen LogP contribution in [-0.2, 0) is 4.74 Å². The molecule has 2 unspecified atom stereocenters. The van der Waals surface area contributed by atoms with Crippen LogP contribution in [-0.4, -0.2) is 34.8 Å². The fourth-order valence-corrected chi connectivity index (χ4v) is 1.64. The molecule has 1 aromatic heterocycles. The molecule has 0 saturated heterocycles. The highest BCUT2D eigenvalue weighted by Gasteiger charge is 2.09. The quantitative estimate of drug-likeness (QED) is 0.756. The SMILES string of the molecule is CCOC(=O)c1ccc(NC(C)CC(C)O)nc1. The number of nitrogens with zero attached hydrogens (tertiary/aromatic N) is 1. The number of aliphatic hydroxyl groups is 1. The minimum absolute atomic E-state index is 0.117. The van der Waals surface area contributed by atoms with Crippen molar-refractivity contribution in [1.82, 2.24) is 4.98 Å². The van der Waals surface area contributed by atoms with Gasteiger partial charge in [-0.3, -0.25) is 0 Å². The van der Waals surface area contributed by atoms with Gasteiger partial charge in [0.25, 0.3) is 0 Å². The summed E-state index contributed by atoms with van der Waals surface area (Å²) >= 11 is 0. The maximum atomic E-state index is 11.4. The summed E-state index contributed by atoms with van der Waals surface area (Å²) in [4.78, 5) is 15.5. The van der Waals surface area contributed by atoms with Crippen LogP contribution in [0.1, 0.15) is 37.6 Å². The van der Waals surface area contributed by atoms with Gasteiger partial charge in [-0.2, -0.15) is 0 Å². The van der Waals surface area contributed by atoms with Crippen molar-refractivity contribution in [3.63, 3.8) is 0 Å². The highest BCUT2D eigenvalue weighted by molar-refractivity contribution is 5.89. The molecule has 2 N–H and O–H groups in total. The third-order valence-corrected chi connectivity index (χ3v) is 2.36. The molecule has 5 heteroatoms. The van der Waals surface area contributed by atoms with E-state index >= 15 is 0 Å². The van der Waals surface area contributed by atoms with Crippen LogP contribution in [0.5, 0.6) is 0 Å². The van der Waals surface area contributed by atoms with E-state index < -0.39 is 0 Å². The summed E-state index contributed by atoms with van der Waals surface area (Å²) in [5, 5.41) is 12.4. The zero-order valence-electron chi connectivity index (χ0n) is 11.0. The largest absolute Gasteiger partial charge is 0.462 e. The predicted octanol–water partition coefficient (Wildman–Crippen LogP) is 1.83. The van der Waals surface area contributed by atoms with Crippen LogP contribution >= 0.6 is 0 Å². The smallest absolute Gasteiger partial charge is 0.339 e. The number of aromatic nitrogens is 1. The molecule has 0 saturated carbocycles. The van der Waals surface area contributed by atoms with Gasteiger partial charge in [-0.15, -0.1) is 0 Å². The monoisotopic (exact) mass is 252 g/mol. The van der Waals surface area contributed by atoms with E-state index in [9.17, 15) is 9.90 Å². The van der Waals surface area contributed by atoms with E-state index in [0.717, 1.165) is 0 Å². The van der Waals surface area contributed by atoms with Crippen molar-refractivity contribution < 1.29 is 14.6 Å². The Kier molecular flexibility index (Phi) is 5.58. The molecule has 0 bridgehead atoms. The average Bonchev–Trinajstić information content (AvgIpc) is 2.29. The molecule has 100 valence electrons. The van der Waals surface area contributed by atoms with Crippen LogP contribution in [0.4, 0.5) is 5.82 Å². The maximum Gasteiger partial charge on any atom is 0.339 e. The summed E-state index contributed by atoms with van der Waals surface area (Å²) in [6, 6.07) is 3.51. The van der Waals surface area contributed by atoms with E-state index in [4.69, 9.17) is 4.74 Å². The number of hydrogen-bond acceptors (Lipinski definition) is 5. The molecule has 0 spiro atoms. The van der Waals surface area contributed by atoms with E-state index in [2.05, 4.69) is 10.3 Å². The topological polar surface area (TPSA) is 71.5 Å². The summed E-state index contributed by atoms with van der Waals surface area (Å²) in [5.41, 5.74) is 0.436. The van der Waals surface area contributed by atoms with Gasteiger partial charge in [0.1, 0.15) is 5.82 Å². The maximum absolute atomic E-state index is 11.4. The van der Waals surface area contributed by atoms with Crippen molar-refractivity contribution in [2.24, 2.45) is 0 Å². The van der Waals surface area contributed by atoms with Crippen LogP contribution in [0.2, 0.25) is 0 Å². The Labute approximate surface area is 107 Å². The van der Waals surface area contributed by atoms with Crippen LogP contribution < -0.4 is 5.32 Å². The summed E-state index contributed by atoms with van der Waals surface area (Å²) in [5.74, 6) is 0.310. The van der Waals surface area contributed by atoms with Crippen molar-refractivity contribution in [2.75, 3.05) is 11.9 Å². The molecule has 0 radical (unpaired) electrons. The van der Waals surface area contributed by atoms with E-state index in [1.807, 2.05) is 6.92 Å². The van der Waals surface area contributed by atoms with E-state index in [0.29, 0.717) is 24.4 Å². The molecular weight excluding hydrogens is 232 g/mol. The van der Waals surface area contributed by atoms with Gasteiger partial charge in [0.2, 0.25) is 0 Å². The number of carbonyl (C=O) groups excluding carboxylic acids is 1. The molecular formula is C13H20N2O3. The molecule has 0 aliphatic rings. The lowest BCUT2D eigenvalue weighted by atomic mass is 10.1. The Morgan fingerprint density at radius 3 is 2.72 bits per heavy atom. The molecule has 1 aromatic rings. The fraction of sp³-hybridized carbons (Fsp3) is 0.538. The number of ether oxygens (including phenoxy) is 1. The zero-order valence-corrected chi connectivity index (χ0v) is 11.0. The van der Waals surface area contributed by atoms with Crippen molar-refractivity contribution in [3.05, 3.63) is 23.9 Å². The van der Waals surface area contributed by atoms with Crippen molar-refractivity contribution in [3.8, 4) is 0 Å². The number of anilines is 1. The lowest BCUT2D eigenvalue weighted by Crippen LogP contribution is -2.21. The first-order valence-electron chi connectivity index (χ1n) is 6.10. The van der Waals surface area contributed by atoms with Gasteiger partial charge >= 0.3 is 5.97 Å². The first-order chi connectivity index (χ1) is 8.52. The van der Waals surface area contributed by atoms with Gasteiger partial charge in [0, 0.05) is 12.2 Å². The second kappa shape index (κ2) is 6.96. The standard InChI is InChI=1S/C13H20N2O3/c1-4-18-13(17)11-5-6-12(14-8-11)15-9(2)7-10(3)16/h5-6,8-10,16H,4,7H2,1-3H3,(H,14,15). The first kappa shape index (κ1) is 14.4. The van der Waals surface area contributed by atoms with Gasteiger partial charge in [0.15, 0.2) is 0 Å². The Morgan fingerprint density at radius 1 is 1.50 bits per heavy atom. The highest BCUT2D eigenvalue weighted by Crippen LogP contribution is 2.09. The lowest BCUT2D eigenvalue weighted by molar-refractivity contribution is 0.0526. The number of carbonyl (C=O) groups is 1. The van der Waals surface area contributed by atoms with Crippen LogP contribution in [0, 0.1) is 0 Å². The van der Waals surface area contributed by atoms with Gasteiger partial charge < -0.3 is 15.2 Å². The average molecular weight is 252 g/mol. The zero-order chi connectivity index (χ0) is 13.5. The van der Waals surface area contributed by atoms with Gasteiger partial charge in [-0.1, -0.05) is 0 Å². The summed E-state index contributed by atoms with van der Waals surface area (Å²) in [6.07, 6.45) is 1.77. The third kappa shape index (κ3) is 4.71. The van der Waals surface area contributed by atoms with Crippen molar-refractivity contribution >= 4 is 11.8 Å². The lowest BCUT2D eigenvalue weighted by Gasteiger charge is -2.15. The molecule has 0 fully saturated rings. The molecule has 1 rings (SSSR count). The van der Waals surface area contributed by atoms with Crippen molar-refractivity contribution in [2.45, 2.75) is 39.3 Å². The molecule has 18 heavy (non-hydrogen) atoms. The summed E-state index contributed by atoms with van der Waals surface area (Å²) in [6.45, 7) is 5.83. The first-order valence-corrected chi connectivity index (χ1v) is 6.10. The number of nitrogens with one attached hydrogen (secondary N) is 1. The summed E-state index contributed by atoms with van der Waals surface area (Å²) in [7, 11) is 0. The number of rotatable bonds is 6. The minimum Gasteiger partial charge on any atom is -0.462 e. The second-order valence-electron chi connectivity index (χ2n) is 4.28. The second-order valence-corrected chi connectivity index (χ2v) is 4.28. The van der Waals surface area contributed by atoms with Gasteiger partial charge in [0.05, 0.1) is 18.3 Å². The Bertz CT molecular complexity index is 376. The van der Waals surface area contributed by atoms with E-state index in [1.165, 1.54) is 6.20 Å².